The highest BCUT2D eigenvalue weighted by Crippen LogP contribution is 2.27. The summed E-state index contributed by atoms with van der Waals surface area (Å²) in [6, 6.07) is 8.03. The molecule has 1 aromatic carbocycles. The van der Waals surface area contributed by atoms with Gasteiger partial charge >= 0.3 is 0 Å². The molecule has 150 valence electrons. The van der Waals surface area contributed by atoms with E-state index in [9.17, 15) is 17.6 Å². The standard InChI is InChI=1S/C18H20FN3O5S/c1-2-3-10-27-14-5-7-15(8-6-14)28(25,26)18(21-12-17(23)22-24)13-4-9-16(19)20-11-13/h2,4-9,11,18,21,24H,1,3,10,12H2,(H,22,23). The van der Waals surface area contributed by atoms with Crippen LogP contribution in [0.2, 0.25) is 0 Å². The topological polar surface area (TPSA) is 118 Å². The van der Waals surface area contributed by atoms with Gasteiger partial charge in [-0.2, -0.15) is 4.39 Å². The maximum atomic E-state index is 13.1. The second-order valence-electron chi connectivity index (χ2n) is 5.65. The highest BCUT2D eigenvalue weighted by molar-refractivity contribution is 7.91. The summed E-state index contributed by atoms with van der Waals surface area (Å²) in [5, 5.41) is 9.78. The Morgan fingerprint density at radius 2 is 2.00 bits per heavy atom. The highest BCUT2D eigenvalue weighted by Gasteiger charge is 2.30. The van der Waals surface area contributed by atoms with Crippen molar-refractivity contribution in [2.75, 3.05) is 13.2 Å². The first-order valence-electron chi connectivity index (χ1n) is 8.24. The first-order valence-corrected chi connectivity index (χ1v) is 9.78. The van der Waals surface area contributed by atoms with Gasteiger partial charge in [-0.15, -0.1) is 6.58 Å². The lowest BCUT2D eigenvalue weighted by Gasteiger charge is -2.19. The van der Waals surface area contributed by atoms with Crippen molar-refractivity contribution in [1.82, 2.24) is 15.8 Å². The average Bonchev–Trinajstić information content (AvgIpc) is 2.69. The maximum Gasteiger partial charge on any atom is 0.257 e. The largest absolute Gasteiger partial charge is 0.493 e. The van der Waals surface area contributed by atoms with Crippen LogP contribution in [-0.4, -0.2) is 37.7 Å². The fourth-order valence-corrected chi connectivity index (χ4v) is 3.88. The number of rotatable bonds is 10. The number of carbonyl (C=O) groups excluding carboxylic acids is 1. The Labute approximate surface area is 161 Å². The molecule has 1 aromatic heterocycles. The van der Waals surface area contributed by atoms with E-state index in [1.165, 1.54) is 35.8 Å². The van der Waals surface area contributed by atoms with E-state index in [4.69, 9.17) is 9.94 Å². The number of nitrogens with zero attached hydrogens (tertiary/aromatic N) is 1. The molecule has 8 nitrogen and oxygen atoms in total. The van der Waals surface area contributed by atoms with Gasteiger partial charge in [-0.3, -0.25) is 15.3 Å². The Kier molecular flexibility index (Phi) is 7.61. The maximum absolute atomic E-state index is 13.1. The van der Waals surface area contributed by atoms with Gasteiger partial charge in [0.2, 0.25) is 5.95 Å². The van der Waals surface area contributed by atoms with Crippen molar-refractivity contribution in [2.24, 2.45) is 0 Å². The number of amides is 1. The van der Waals surface area contributed by atoms with E-state index in [0.717, 1.165) is 12.3 Å². The Balaban J connectivity index is 2.30. The molecule has 1 amide bonds. The number of pyridine rings is 1. The van der Waals surface area contributed by atoms with Gasteiger partial charge in [0.25, 0.3) is 5.91 Å². The molecular weight excluding hydrogens is 389 g/mol. The van der Waals surface area contributed by atoms with Crippen molar-refractivity contribution in [3.05, 3.63) is 66.8 Å². The van der Waals surface area contributed by atoms with Crippen LogP contribution in [-0.2, 0) is 14.6 Å². The Bertz CT molecular complexity index is 902. The molecule has 0 saturated heterocycles. The zero-order valence-corrected chi connectivity index (χ0v) is 15.7. The van der Waals surface area contributed by atoms with Crippen molar-refractivity contribution in [3.8, 4) is 5.75 Å². The summed E-state index contributed by atoms with van der Waals surface area (Å²) in [5.74, 6) is -1.11. The molecule has 28 heavy (non-hydrogen) atoms. The van der Waals surface area contributed by atoms with Crippen LogP contribution in [0.5, 0.6) is 5.75 Å². The molecule has 2 aromatic rings. The van der Waals surface area contributed by atoms with Gasteiger partial charge in [0.05, 0.1) is 18.0 Å². The summed E-state index contributed by atoms with van der Waals surface area (Å²) in [6.07, 6.45) is 3.42. The molecule has 0 aliphatic heterocycles. The van der Waals surface area contributed by atoms with Crippen LogP contribution in [0.4, 0.5) is 4.39 Å². The molecule has 1 atom stereocenters. The molecule has 0 aliphatic rings. The van der Waals surface area contributed by atoms with Gasteiger partial charge in [0.1, 0.15) is 11.1 Å². The third-order valence-corrected chi connectivity index (χ3v) is 5.67. The van der Waals surface area contributed by atoms with Crippen LogP contribution in [0.1, 0.15) is 17.4 Å². The molecule has 0 radical (unpaired) electrons. The second-order valence-corrected chi connectivity index (χ2v) is 7.69. The monoisotopic (exact) mass is 409 g/mol. The number of aromatic nitrogens is 1. The van der Waals surface area contributed by atoms with E-state index in [1.54, 1.807) is 6.08 Å². The Morgan fingerprint density at radius 3 is 2.57 bits per heavy atom. The smallest absolute Gasteiger partial charge is 0.257 e. The highest BCUT2D eigenvalue weighted by atomic mass is 32.2. The molecule has 0 fully saturated rings. The fourth-order valence-electron chi connectivity index (χ4n) is 2.30. The summed E-state index contributed by atoms with van der Waals surface area (Å²) in [5.41, 5.74) is 1.55. The number of benzene rings is 1. The number of halogens is 1. The van der Waals surface area contributed by atoms with Gasteiger partial charge in [0.15, 0.2) is 9.84 Å². The van der Waals surface area contributed by atoms with E-state index in [1.807, 2.05) is 0 Å². The predicted molar refractivity (Wildman–Crippen MR) is 98.8 cm³/mol. The normalized spacial score (nSPS) is 12.2. The zero-order valence-electron chi connectivity index (χ0n) is 14.8. The number of nitrogens with one attached hydrogen (secondary N) is 2. The minimum atomic E-state index is -4.02. The lowest BCUT2D eigenvalue weighted by Crippen LogP contribution is -2.37. The van der Waals surface area contributed by atoms with Crippen LogP contribution >= 0.6 is 0 Å². The first kappa shape index (κ1) is 21.5. The quantitative estimate of drug-likeness (QED) is 0.180. The molecule has 0 spiro atoms. The minimum Gasteiger partial charge on any atom is -0.493 e. The van der Waals surface area contributed by atoms with Gasteiger partial charge in [-0.25, -0.2) is 18.9 Å². The Hall–Kier alpha value is -2.82. The number of hydrogen-bond donors (Lipinski definition) is 3. The number of hydrogen-bond acceptors (Lipinski definition) is 7. The van der Waals surface area contributed by atoms with Crippen molar-refractivity contribution in [3.63, 3.8) is 0 Å². The summed E-state index contributed by atoms with van der Waals surface area (Å²) in [7, 11) is -4.02. The molecule has 10 heteroatoms. The molecular formula is C18H20FN3O5S. The SMILES string of the molecule is C=CCCOc1ccc(S(=O)(=O)C(NCC(=O)NO)c2ccc(F)nc2)cc1. The lowest BCUT2D eigenvalue weighted by molar-refractivity contribution is -0.128. The van der Waals surface area contributed by atoms with Crippen LogP contribution in [0.3, 0.4) is 0 Å². The van der Waals surface area contributed by atoms with E-state index in [-0.39, 0.29) is 10.5 Å². The third kappa shape index (κ3) is 5.59. The molecule has 3 N–H and O–H groups in total. The fraction of sp³-hybridized carbons (Fsp3) is 0.222. The van der Waals surface area contributed by atoms with E-state index >= 15 is 0 Å². The van der Waals surface area contributed by atoms with E-state index in [2.05, 4.69) is 16.9 Å². The molecule has 2 rings (SSSR count). The second kappa shape index (κ2) is 9.93. The van der Waals surface area contributed by atoms with Crippen molar-refractivity contribution < 1.29 is 27.5 Å². The Morgan fingerprint density at radius 1 is 1.29 bits per heavy atom. The van der Waals surface area contributed by atoms with Crippen molar-refractivity contribution in [2.45, 2.75) is 16.7 Å². The lowest BCUT2D eigenvalue weighted by atomic mass is 10.3. The number of ether oxygens (including phenoxy) is 1. The molecule has 1 heterocycles. The van der Waals surface area contributed by atoms with Crippen molar-refractivity contribution >= 4 is 15.7 Å². The van der Waals surface area contributed by atoms with Gasteiger partial charge in [0, 0.05) is 11.8 Å². The van der Waals surface area contributed by atoms with Crippen LogP contribution in [0.25, 0.3) is 0 Å². The summed E-state index contributed by atoms with van der Waals surface area (Å²) in [4.78, 5) is 14.7. The first-order chi connectivity index (χ1) is 13.4. The van der Waals surface area contributed by atoms with Crippen molar-refractivity contribution in [1.29, 1.82) is 0 Å². The number of sulfone groups is 1. The zero-order chi connectivity index (χ0) is 20.6. The van der Waals surface area contributed by atoms with Gasteiger partial charge in [-0.05, 0) is 36.8 Å². The van der Waals surface area contributed by atoms with E-state index < -0.39 is 33.6 Å². The summed E-state index contributed by atoms with van der Waals surface area (Å²) >= 11 is 0. The van der Waals surface area contributed by atoms with Gasteiger partial charge < -0.3 is 4.74 Å². The van der Waals surface area contributed by atoms with Gasteiger partial charge in [-0.1, -0.05) is 12.1 Å². The van der Waals surface area contributed by atoms with Crippen LogP contribution in [0.15, 0.2) is 60.1 Å². The summed E-state index contributed by atoms with van der Waals surface area (Å²) in [6.45, 7) is 3.52. The number of hydroxylamine groups is 1. The van der Waals surface area contributed by atoms with Crippen LogP contribution in [0, 0.1) is 5.95 Å². The molecule has 0 aliphatic carbocycles. The molecule has 0 saturated carbocycles. The minimum absolute atomic E-state index is 0.0326. The predicted octanol–water partition coefficient (Wildman–Crippen LogP) is 1.74. The summed E-state index contributed by atoms with van der Waals surface area (Å²) < 4.78 is 44.7. The molecule has 1 unspecified atom stereocenters. The molecule has 0 bridgehead atoms. The van der Waals surface area contributed by atoms with Crippen LogP contribution < -0.4 is 15.5 Å². The number of carbonyl (C=O) groups is 1. The van der Waals surface area contributed by atoms with E-state index in [0.29, 0.717) is 18.8 Å². The third-order valence-electron chi connectivity index (χ3n) is 3.68. The average molecular weight is 409 g/mol.